The number of hydrogen-bond donors (Lipinski definition) is 1. The Morgan fingerprint density at radius 3 is 2.17 bits per heavy atom. The number of hydrogen-bond acceptors (Lipinski definition) is 3. The van der Waals surface area contributed by atoms with Gasteiger partial charge in [-0.25, -0.2) is 0 Å². The maximum atomic E-state index is 3.54. The third kappa shape index (κ3) is 5.45. The van der Waals surface area contributed by atoms with Gasteiger partial charge in [0.2, 0.25) is 0 Å². The fourth-order valence-electron chi connectivity index (χ4n) is 3.14. The molecule has 0 atom stereocenters. The van der Waals surface area contributed by atoms with Gasteiger partial charge in [-0.15, -0.1) is 0 Å². The lowest BCUT2D eigenvalue weighted by atomic mass is 10.1. The molecule has 1 fully saturated rings. The lowest BCUT2D eigenvalue weighted by molar-refractivity contribution is 0.148. The van der Waals surface area contributed by atoms with E-state index in [0.29, 0.717) is 0 Å². The predicted molar refractivity (Wildman–Crippen MR) is 101 cm³/mol. The Morgan fingerprint density at radius 2 is 1.46 bits per heavy atom. The third-order valence-corrected chi connectivity index (χ3v) is 4.79. The molecule has 1 saturated heterocycles. The number of piperazine rings is 1. The second-order valence-corrected chi connectivity index (χ2v) is 6.81. The van der Waals surface area contributed by atoms with Crippen LogP contribution in [0.4, 0.5) is 0 Å². The molecule has 0 radical (unpaired) electrons. The highest BCUT2D eigenvalue weighted by molar-refractivity contribution is 5.22. The van der Waals surface area contributed by atoms with Crippen LogP contribution in [-0.2, 0) is 19.5 Å². The van der Waals surface area contributed by atoms with E-state index >= 15 is 0 Å². The van der Waals surface area contributed by atoms with Crippen LogP contribution >= 0.6 is 0 Å². The minimum atomic E-state index is 0.946. The summed E-state index contributed by atoms with van der Waals surface area (Å²) in [6.07, 6.45) is 1.09. The fourth-order valence-corrected chi connectivity index (χ4v) is 3.14. The van der Waals surface area contributed by atoms with Crippen LogP contribution in [0.3, 0.4) is 0 Å². The van der Waals surface area contributed by atoms with Crippen LogP contribution in [-0.4, -0.2) is 49.6 Å². The second-order valence-electron chi connectivity index (χ2n) is 6.81. The summed E-state index contributed by atoms with van der Waals surface area (Å²) in [6.45, 7) is 7.77. The van der Waals surface area contributed by atoms with E-state index in [-0.39, 0.29) is 0 Å². The summed E-state index contributed by atoms with van der Waals surface area (Å²) in [6, 6.07) is 19.8. The van der Waals surface area contributed by atoms with Crippen molar-refractivity contribution in [1.29, 1.82) is 0 Å². The van der Waals surface area contributed by atoms with Crippen molar-refractivity contribution in [3.05, 3.63) is 71.3 Å². The van der Waals surface area contributed by atoms with Gasteiger partial charge in [-0.3, -0.25) is 4.90 Å². The van der Waals surface area contributed by atoms with Crippen LogP contribution in [0, 0.1) is 0 Å². The van der Waals surface area contributed by atoms with Crippen LogP contribution in [0.1, 0.15) is 16.7 Å². The molecule has 0 aliphatic carbocycles. The minimum absolute atomic E-state index is 0.946. The second kappa shape index (κ2) is 8.97. The topological polar surface area (TPSA) is 18.5 Å². The molecule has 1 N–H and O–H groups in total. The molecule has 2 aromatic rings. The number of likely N-dealkylation sites (N-methyl/N-ethyl adjacent to an activating group) is 1. The van der Waals surface area contributed by atoms with E-state index < -0.39 is 0 Å². The molecule has 128 valence electrons. The minimum Gasteiger partial charge on any atom is -0.312 e. The Morgan fingerprint density at radius 1 is 0.792 bits per heavy atom. The zero-order chi connectivity index (χ0) is 16.6. The summed E-state index contributed by atoms with van der Waals surface area (Å²) in [5.74, 6) is 0. The molecule has 0 bridgehead atoms. The predicted octanol–water partition coefficient (Wildman–Crippen LogP) is 2.77. The monoisotopic (exact) mass is 323 g/mol. The van der Waals surface area contributed by atoms with Crippen molar-refractivity contribution in [3.63, 3.8) is 0 Å². The van der Waals surface area contributed by atoms with Crippen LogP contribution < -0.4 is 5.32 Å². The van der Waals surface area contributed by atoms with E-state index in [1.54, 1.807) is 0 Å². The summed E-state index contributed by atoms with van der Waals surface area (Å²) in [4.78, 5) is 4.95. The average Bonchev–Trinajstić information content (AvgIpc) is 2.63. The highest BCUT2D eigenvalue weighted by Crippen LogP contribution is 2.10. The zero-order valence-corrected chi connectivity index (χ0v) is 14.7. The third-order valence-electron chi connectivity index (χ3n) is 4.79. The van der Waals surface area contributed by atoms with Gasteiger partial charge in [0, 0.05) is 39.3 Å². The van der Waals surface area contributed by atoms with Crippen LogP contribution in [0.2, 0.25) is 0 Å². The molecule has 3 nitrogen and oxygen atoms in total. The molecule has 0 amide bonds. The molecule has 0 saturated carbocycles. The summed E-state index contributed by atoms with van der Waals surface area (Å²) < 4.78 is 0. The highest BCUT2D eigenvalue weighted by atomic mass is 15.2. The lowest BCUT2D eigenvalue weighted by Crippen LogP contribution is -2.43. The SMILES string of the molecule is CN1CCN(Cc2ccc(CNCCc3ccccc3)cc2)CC1. The van der Waals surface area contributed by atoms with Crippen LogP contribution in [0.15, 0.2) is 54.6 Å². The molecule has 3 rings (SSSR count). The number of nitrogens with one attached hydrogen (secondary N) is 1. The molecule has 0 aromatic heterocycles. The number of benzene rings is 2. The molecular weight excluding hydrogens is 294 g/mol. The molecule has 1 aliphatic heterocycles. The van der Waals surface area contributed by atoms with Crippen LogP contribution in [0.25, 0.3) is 0 Å². The van der Waals surface area contributed by atoms with Crippen molar-refractivity contribution in [2.45, 2.75) is 19.5 Å². The fraction of sp³-hybridized carbons (Fsp3) is 0.429. The summed E-state index contributed by atoms with van der Waals surface area (Å²) >= 11 is 0. The van der Waals surface area contributed by atoms with Gasteiger partial charge in [0.15, 0.2) is 0 Å². The molecule has 0 unspecified atom stereocenters. The Kier molecular flexibility index (Phi) is 6.41. The lowest BCUT2D eigenvalue weighted by Gasteiger charge is -2.32. The van der Waals surface area contributed by atoms with E-state index in [4.69, 9.17) is 0 Å². The van der Waals surface area contributed by atoms with Crippen LogP contribution in [0.5, 0.6) is 0 Å². The van der Waals surface area contributed by atoms with E-state index in [9.17, 15) is 0 Å². The smallest absolute Gasteiger partial charge is 0.0234 e. The molecule has 1 heterocycles. The molecule has 0 spiro atoms. The van der Waals surface area contributed by atoms with E-state index in [0.717, 1.165) is 26.1 Å². The Bertz CT molecular complexity index is 586. The van der Waals surface area contributed by atoms with E-state index in [1.807, 2.05) is 0 Å². The number of nitrogens with zero attached hydrogens (tertiary/aromatic N) is 2. The summed E-state index contributed by atoms with van der Waals surface area (Å²) in [5.41, 5.74) is 4.19. The van der Waals surface area contributed by atoms with Gasteiger partial charge in [0.25, 0.3) is 0 Å². The normalized spacial score (nSPS) is 16.4. The first kappa shape index (κ1) is 17.2. The standard InChI is InChI=1S/C21H29N3/c1-23-13-15-24(16-14-23)18-21-9-7-20(8-10-21)17-22-12-11-19-5-3-2-4-6-19/h2-10,22H,11-18H2,1H3. The molecule has 1 aliphatic rings. The van der Waals surface area contributed by atoms with Gasteiger partial charge in [-0.2, -0.15) is 0 Å². The first-order valence-electron chi connectivity index (χ1n) is 9.03. The van der Waals surface area contributed by atoms with Gasteiger partial charge in [0.1, 0.15) is 0 Å². The number of rotatable bonds is 7. The van der Waals surface area contributed by atoms with Gasteiger partial charge in [-0.1, -0.05) is 54.6 Å². The summed E-state index contributed by atoms with van der Waals surface area (Å²) in [7, 11) is 2.21. The molecule has 24 heavy (non-hydrogen) atoms. The van der Waals surface area contributed by atoms with Crippen molar-refractivity contribution in [2.75, 3.05) is 39.8 Å². The Balaban J connectivity index is 1.38. The van der Waals surface area contributed by atoms with E-state index in [1.165, 1.54) is 42.9 Å². The van der Waals surface area contributed by atoms with Crippen molar-refractivity contribution in [3.8, 4) is 0 Å². The first-order valence-corrected chi connectivity index (χ1v) is 9.03. The molecular formula is C21H29N3. The first-order chi connectivity index (χ1) is 11.8. The van der Waals surface area contributed by atoms with Crippen molar-refractivity contribution in [1.82, 2.24) is 15.1 Å². The summed E-state index contributed by atoms with van der Waals surface area (Å²) in [5, 5.41) is 3.54. The van der Waals surface area contributed by atoms with Gasteiger partial charge in [0.05, 0.1) is 0 Å². The quantitative estimate of drug-likeness (QED) is 0.791. The Hall–Kier alpha value is -1.68. The molecule has 3 heteroatoms. The largest absolute Gasteiger partial charge is 0.312 e. The van der Waals surface area contributed by atoms with Gasteiger partial charge >= 0.3 is 0 Å². The van der Waals surface area contributed by atoms with Crippen molar-refractivity contribution >= 4 is 0 Å². The van der Waals surface area contributed by atoms with Gasteiger partial charge < -0.3 is 10.2 Å². The maximum Gasteiger partial charge on any atom is 0.0234 e. The van der Waals surface area contributed by atoms with Gasteiger partial charge in [-0.05, 0) is 36.7 Å². The average molecular weight is 323 g/mol. The van der Waals surface area contributed by atoms with Crippen molar-refractivity contribution < 1.29 is 0 Å². The highest BCUT2D eigenvalue weighted by Gasteiger charge is 2.13. The molecule has 2 aromatic carbocycles. The zero-order valence-electron chi connectivity index (χ0n) is 14.7. The Labute approximate surface area is 146 Å². The maximum absolute atomic E-state index is 3.54. The van der Waals surface area contributed by atoms with E-state index in [2.05, 4.69) is 76.8 Å². The van der Waals surface area contributed by atoms with Crippen molar-refractivity contribution in [2.24, 2.45) is 0 Å².